The van der Waals surface area contributed by atoms with Crippen molar-refractivity contribution in [2.24, 2.45) is 0 Å². The van der Waals surface area contributed by atoms with E-state index >= 15 is 0 Å². The highest BCUT2D eigenvalue weighted by Gasteiger charge is 2.42. The average molecular weight is 443 g/mol. The van der Waals surface area contributed by atoms with Crippen LogP contribution in [-0.4, -0.2) is 50.3 Å². The zero-order valence-corrected chi connectivity index (χ0v) is 18.4. The third-order valence-corrected chi connectivity index (χ3v) is 7.31. The van der Waals surface area contributed by atoms with Gasteiger partial charge < -0.3 is 9.64 Å². The quantitative estimate of drug-likeness (QED) is 0.668. The molecule has 1 unspecified atom stereocenters. The molecule has 30 heavy (non-hydrogen) atoms. The minimum absolute atomic E-state index is 0.0508. The Labute approximate surface area is 183 Å². The molecule has 2 aromatic carbocycles. The second-order valence-corrected chi connectivity index (χ2v) is 10.2. The van der Waals surface area contributed by atoms with E-state index in [1.807, 2.05) is 68.4 Å². The van der Waals surface area contributed by atoms with Gasteiger partial charge in [0.15, 0.2) is 5.44 Å². The van der Waals surface area contributed by atoms with Gasteiger partial charge in [0.1, 0.15) is 0 Å². The minimum atomic E-state index is -0.871. The van der Waals surface area contributed by atoms with Crippen LogP contribution in [0.1, 0.15) is 29.8 Å². The first-order chi connectivity index (χ1) is 14.4. The maximum Gasteiger partial charge on any atom is 0.291 e. The van der Waals surface area contributed by atoms with Crippen LogP contribution < -0.4 is 0 Å². The predicted octanol–water partition coefficient (Wildman–Crippen LogP) is 4.21. The number of rotatable bonds is 6. The van der Waals surface area contributed by atoms with Crippen molar-refractivity contribution in [2.45, 2.75) is 35.6 Å². The van der Waals surface area contributed by atoms with Gasteiger partial charge in [0.25, 0.3) is 17.1 Å². The molecule has 0 saturated carbocycles. The zero-order chi connectivity index (χ0) is 21.3. The highest BCUT2D eigenvalue weighted by Crippen LogP contribution is 2.42. The van der Waals surface area contributed by atoms with Crippen molar-refractivity contribution >= 4 is 40.6 Å². The Hall–Kier alpha value is -2.29. The van der Waals surface area contributed by atoms with Crippen molar-refractivity contribution in [1.29, 1.82) is 0 Å². The Balaban J connectivity index is 1.37. The second kappa shape index (κ2) is 8.45. The molecule has 3 amide bonds. The molecule has 0 aliphatic carbocycles. The van der Waals surface area contributed by atoms with Crippen molar-refractivity contribution < 1.29 is 19.1 Å². The maximum absolute atomic E-state index is 13.0. The van der Waals surface area contributed by atoms with Gasteiger partial charge in [-0.3, -0.25) is 19.3 Å². The molecule has 156 valence electrons. The summed E-state index contributed by atoms with van der Waals surface area (Å²) >= 11 is 2.51. The number of hydrogen-bond acceptors (Lipinski definition) is 6. The highest BCUT2D eigenvalue weighted by molar-refractivity contribution is 8.15. The van der Waals surface area contributed by atoms with Gasteiger partial charge in [-0.1, -0.05) is 54.2 Å². The van der Waals surface area contributed by atoms with E-state index in [2.05, 4.69) is 0 Å². The van der Waals surface area contributed by atoms with Crippen molar-refractivity contribution in [3.05, 3.63) is 65.7 Å². The smallest absolute Gasteiger partial charge is 0.291 e. The molecule has 8 heteroatoms. The molecule has 0 N–H and O–H groups in total. The summed E-state index contributed by atoms with van der Waals surface area (Å²) in [7, 11) is 0. The topological polar surface area (TPSA) is 66.9 Å². The van der Waals surface area contributed by atoms with Crippen molar-refractivity contribution in [2.75, 3.05) is 13.2 Å². The van der Waals surface area contributed by atoms with Crippen LogP contribution in [0.3, 0.4) is 0 Å². The molecule has 0 spiro atoms. The van der Waals surface area contributed by atoms with Crippen LogP contribution >= 0.6 is 23.5 Å². The average Bonchev–Trinajstić information content (AvgIpc) is 2.98. The lowest BCUT2D eigenvalue weighted by Crippen LogP contribution is -2.49. The van der Waals surface area contributed by atoms with Crippen molar-refractivity contribution in [3.63, 3.8) is 0 Å². The first-order valence-corrected chi connectivity index (χ1v) is 11.3. The van der Waals surface area contributed by atoms with Crippen molar-refractivity contribution in [3.8, 4) is 0 Å². The van der Waals surface area contributed by atoms with E-state index in [9.17, 15) is 14.4 Å². The van der Waals surface area contributed by atoms with Gasteiger partial charge in [-0.2, -0.15) is 0 Å². The fourth-order valence-corrected chi connectivity index (χ4v) is 5.60. The summed E-state index contributed by atoms with van der Waals surface area (Å²) in [6, 6.07) is 16.9. The standard InChI is InChI=1S/C22H22N2O4S2/c1-22(2)24(18(25)16-10-6-7-11-17(16)30-22)12-13-28-20-19(26)23(21(27)29-20)14-15-8-4-3-5-9-15/h3-11,20H,12-14H2,1-2H3. The molecule has 4 rings (SSSR count). The normalized spacial score (nSPS) is 20.6. The lowest BCUT2D eigenvalue weighted by molar-refractivity contribution is -0.134. The Kier molecular flexibility index (Phi) is 5.90. The Morgan fingerprint density at radius 2 is 1.70 bits per heavy atom. The van der Waals surface area contributed by atoms with E-state index in [1.165, 1.54) is 4.90 Å². The molecular formula is C22H22N2O4S2. The number of ether oxygens (including phenoxy) is 1. The van der Waals surface area contributed by atoms with E-state index in [0.717, 1.165) is 22.2 Å². The summed E-state index contributed by atoms with van der Waals surface area (Å²) in [6.07, 6.45) is 0. The van der Waals surface area contributed by atoms with E-state index < -0.39 is 10.3 Å². The van der Waals surface area contributed by atoms with Crippen LogP contribution in [0.2, 0.25) is 0 Å². The molecule has 2 aromatic rings. The number of hydrogen-bond donors (Lipinski definition) is 0. The molecule has 2 aliphatic heterocycles. The zero-order valence-electron chi connectivity index (χ0n) is 16.7. The molecule has 6 nitrogen and oxygen atoms in total. The van der Waals surface area contributed by atoms with Crippen LogP contribution in [-0.2, 0) is 16.1 Å². The maximum atomic E-state index is 13.0. The summed E-state index contributed by atoms with van der Waals surface area (Å²) in [5.74, 6) is -0.400. The monoisotopic (exact) mass is 442 g/mol. The number of fused-ring (bicyclic) bond motifs is 1. The molecule has 2 aliphatic rings. The summed E-state index contributed by atoms with van der Waals surface area (Å²) in [5.41, 5.74) is 0.693. The fourth-order valence-electron chi connectivity index (χ4n) is 3.50. The molecule has 0 aromatic heterocycles. The van der Waals surface area contributed by atoms with Gasteiger partial charge in [0.2, 0.25) is 0 Å². The fraction of sp³-hybridized carbons (Fsp3) is 0.318. The van der Waals surface area contributed by atoms with Crippen LogP contribution in [0.5, 0.6) is 0 Å². The molecular weight excluding hydrogens is 420 g/mol. The molecule has 2 heterocycles. The number of amides is 3. The Morgan fingerprint density at radius 1 is 1.00 bits per heavy atom. The highest BCUT2D eigenvalue weighted by atomic mass is 32.2. The molecule has 1 atom stereocenters. The second-order valence-electron chi connectivity index (χ2n) is 7.50. The van der Waals surface area contributed by atoms with Gasteiger partial charge in [-0.15, -0.1) is 0 Å². The number of thioether (sulfide) groups is 2. The molecule has 0 radical (unpaired) electrons. The Bertz CT molecular complexity index is 980. The summed E-state index contributed by atoms with van der Waals surface area (Å²) in [6.45, 7) is 4.73. The summed E-state index contributed by atoms with van der Waals surface area (Å²) < 4.78 is 5.73. The van der Waals surface area contributed by atoms with Crippen LogP contribution in [0.15, 0.2) is 59.5 Å². The number of benzene rings is 2. The SMILES string of the molecule is CC1(C)Sc2ccccc2C(=O)N1CCOC1SC(=O)N(Cc2ccccc2)C1=O. The first-order valence-electron chi connectivity index (χ1n) is 9.64. The van der Waals surface area contributed by atoms with E-state index in [0.29, 0.717) is 12.1 Å². The lowest BCUT2D eigenvalue weighted by atomic mass is 10.1. The van der Waals surface area contributed by atoms with Crippen LogP contribution in [0.4, 0.5) is 4.79 Å². The van der Waals surface area contributed by atoms with Crippen LogP contribution in [0, 0.1) is 0 Å². The van der Waals surface area contributed by atoms with Crippen molar-refractivity contribution in [1.82, 2.24) is 9.80 Å². The summed E-state index contributed by atoms with van der Waals surface area (Å²) in [5, 5.41) is -0.312. The van der Waals surface area contributed by atoms with Crippen LogP contribution in [0.25, 0.3) is 0 Å². The third-order valence-electron chi connectivity index (χ3n) is 5.04. The molecule has 1 saturated heterocycles. The number of carbonyl (C=O) groups excluding carboxylic acids is 3. The third kappa shape index (κ3) is 4.12. The van der Waals surface area contributed by atoms with Gasteiger partial charge in [0.05, 0.1) is 23.6 Å². The van der Waals surface area contributed by atoms with E-state index in [-0.39, 0.29) is 30.2 Å². The van der Waals surface area contributed by atoms with E-state index in [4.69, 9.17) is 4.74 Å². The largest absolute Gasteiger partial charge is 0.355 e. The molecule has 1 fully saturated rings. The van der Waals surface area contributed by atoms with Gasteiger partial charge in [-0.25, -0.2) is 0 Å². The molecule has 0 bridgehead atoms. The van der Waals surface area contributed by atoms with E-state index in [1.54, 1.807) is 16.7 Å². The number of carbonyl (C=O) groups is 3. The van der Waals surface area contributed by atoms with Gasteiger partial charge in [-0.05, 0) is 43.3 Å². The predicted molar refractivity (Wildman–Crippen MR) is 117 cm³/mol. The van der Waals surface area contributed by atoms with Gasteiger partial charge in [0, 0.05) is 11.4 Å². The summed E-state index contributed by atoms with van der Waals surface area (Å²) in [4.78, 5) is 41.4. The Morgan fingerprint density at radius 3 is 2.47 bits per heavy atom. The lowest BCUT2D eigenvalue weighted by Gasteiger charge is -2.42. The number of imide groups is 1. The van der Waals surface area contributed by atoms with Gasteiger partial charge >= 0.3 is 0 Å². The number of nitrogens with zero attached hydrogens (tertiary/aromatic N) is 2. The first kappa shape index (κ1) is 21.0. The minimum Gasteiger partial charge on any atom is -0.355 e.